The number of aromatic nitrogens is 2. The largest absolute Gasteiger partial charge is 0.455 e. The van der Waals surface area contributed by atoms with Crippen LogP contribution in [-0.4, -0.2) is 33.8 Å². The average Bonchev–Trinajstić information content (AvgIpc) is 3.46. The highest BCUT2D eigenvalue weighted by Gasteiger charge is 2.35. The normalized spacial score (nSPS) is 12.1. The highest BCUT2D eigenvalue weighted by molar-refractivity contribution is 6.47. The quantitative estimate of drug-likeness (QED) is 0.177. The first-order valence-electron chi connectivity index (χ1n) is 15.6. The number of hydrogen-bond donors (Lipinski definition) is 1. The lowest BCUT2D eigenvalue weighted by molar-refractivity contribution is -0.0893. The van der Waals surface area contributed by atoms with Gasteiger partial charge in [-0.15, -0.1) is 0 Å². The number of nitrogens with zero attached hydrogens (tertiary/aromatic N) is 2. The van der Waals surface area contributed by atoms with Gasteiger partial charge in [-0.25, -0.2) is 9.97 Å². The molecule has 7 rings (SSSR count). The van der Waals surface area contributed by atoms with E-state index in [0.717, 1.165) is 66.6 Å². The minimum Gasteiger partial charge on any atom is -0.455 e. The summed E-state index contributed by atoms with van der Waals surface area (Å²) in [6.45, 7) is 7.34. The van der Waals surface area contributed by atoms with E-state index in [-0.39, 0.29) is 0 Å². The lowest BCUT2D eigenvalue weighted by Crippen LogP contribution is -2.49. The molecular formula is C40H35BN2O3. The second-order valence-corrected chi connectivity index (χ2v) is 12.7. The molecule has 0 saturated heterocycles. The maximum Gasteiger partial charge on any atom is 0.309 e. The lowest BCUT2D eigenvalue weighted by Gasteiger charge is -2.37. The van der Waals surface area contributed by atoms with E-state index in [2.05, 4.69) is 60.7 Å². The molecule has 0 aliphatic rings. The Hall–Kier alpha value is -5.04. The van der Waals surface area contributed by atoms with Gasteiger partial charge in [-0.1, -0.05) is 121 Å². The molecule has 5 nitrogen and oxygen atoms in total. The Balaban J connectivity index is 1.22. The van der Waals surface area contributed by atoms with E-state index in [9.17, 15) is 5.11 Å². The van der Waals surface area contributed by atoms with Crippen molar-refractivity contribution in [1.82, 2.24) is 9.97 Å². The maximum absolute atomic E-state index is 10.5. The van der Waals surface area contributed by atoms with Crippen molar-refractivity contribution < 1.29 is 14.2 Å². The first-order chi connectivity index (χ1) is 22.2. The molecule has 0 saturated carbocycles. The molecule has 0 unspecified atom stereocenters. The van der Waals surface area contributed by atoms with Gasteiger partial charge in [0.2, 0.25) is 0 Å². The number of benzene rings is 5. The molecular weight excluding hydrogens is 567 g/mol. The predicted octanol–water partition coefficient (Wildman–Crippen LogP) is 8.59. The van der Waals surface area contributed by atoms with Crippen LogP contribution in [0.15, 0.2) is 132 Å². The van der Waals surface area contributed by atoms with E-state index < -0.39 is 11.2 Å². The third kappa shape index (κ3) is 5.73. The SMILES string of the molecule is CC(C)(O)C(C)(C)OBc1ccc(-c2cc(-c3ccc(-c4cccc5c4oc4ccccc45)cc3)nc(-c3ccccc3)n2)cc1. The molecule has 0 aliphatic carbocycles. The molecule has 1 N–H and O–H groups in total. The van der Waals surface area contributed by atoms with Gasteiger partial charge in [0.15, 0.2) is 5.82 Å². The smallest absolute Gasteiger partial charge is 0.309 e. The minimum atomic E-state index is -0.961. The number of furan rings is 1. The van der Waals surface area contributed by atoms with Crippen molar-refractivity contribution in [2.75, 3.05) is 0 Å². The van der Waals surface area contributed by atoms with Crippen LogP contribution in [0.2, 0.25) is 0 Å². The maximum atomic E-state index is 10.5. The van der Waals surface area contributed by atoms with E-state index in [1.165, 1.54) is 0 Å². The second kappa shape index (κ2) is 11.7. The van der Waals surface area contributed by atoms with Crippen molar-refractivity contribution in [2.45, 2.75) is 38.9 Å². The van der Waals surface area contributed by atoms with Crippen molar-refractivity contribution in [3.05, 3.63) is 127 Å². The van der Waals surface area contributed by atoms with Crippen LogP contribution in [0, 0.1) is 0 Å². The van der Waals surface area contributed by atoms with Gasteiger partial charge in [0.1, 0.15) is 11.2 Å². The van der Waals surface area contributed by atoms with Crippen LogP contribution in [0.4, 0.5) is 0 Å². The second-order valence-electron chi connectivity index (χ2n) is 12.7. The summed E-state index contributed by atoms with van der Waals surface area (Å²) in [6.07, 6.45) is 0. The summed E-state index contributed by atoms with van der Waals surface area (Å²) in [7, 11) is 0.398. The van der Waals surface area contributed by atoms with Crippen LogP contribution in [-0.2, 0) is 4.65 Å². The van der Waals surface area contributed by atoms with E-state index in [1.807, 2.05) is 80.6 Å². The molecule has 0 atom stereocenters. The van der Waals surface area contributed by atoms with Crippen molar-refractivity contribution in [3.8, 4) is 45.0 Å². The monoisotopic (exact) mass is 602 g/mol. The van der Waals surface area contributed by atoms with E-state index in [0.29, 0.717) is 13.3 Å². The Morgan fingerprint density at radius 3 is 1.87 bits per heavy atom. The molecule has 7 aromatic rings. The van der Waals surface area contributed by atoms with E-state index >= 15 is 0 Å². The van der Waals surface area contributed by atoms with Crippen LogP contribution < -0.4 is 5.46 Å². The molecule has 226 valence electrons. The molecule has 0 spiro atoms. The zero-order chi connectivity index (χ0) is 31.9. The van der Waals surface area contributed by atoms with Crippen LogP contribution in [0.5, 0.6) is 0 Å². The number of hydrogen-bond acceptors (Lipinski definition) is 5. The molecule has 2 aromatic heterocycles. The average molecular weight is 603 g/mol. The van der Waals surface area contributed by atoms with Gasteiger partial charge in [-0.2, -0.15) is 0 Å². The molecule has 6 heteroatoms. The number of rotatable bonds is 8. The summed E-state index contributed by atoms with van der Waals surface area (Å²) in [4.78, 5) is 9.98. The van der Waals surface area contributed by atoms with Gasteiger partial charge in [-0.05, 0) is 45.4 Å². The third-order valence-corrected chi connectivity index (χ3v) is 8.98. The molecule has 5 aromatic carbocycles. The van der Waals surface area contributed by atoms with Crippen molar-refractivity contribution in [2.24, 2.45) is 0 Å². The zero-order valence-corrected chi connectivity index (χ0v) is 26.5. The lowest BCUT2D eigenvalue weighted by atomic mass is 9.82. The first-order valence-corrected chi connectivity index (χ1v) is 15.6. The summed E-state index contributed by atoms with van der Waals surface area (Å²) in [6, 6.07) is 43.3. The van der Waals surface area contributed by atoms with Gasteiger partial charge < -0.3 is 14.2 Å². The Labute approximate surface area is 269 Å². The van der Waals surface area contributed by atoms with Crippen molar-refractivity contribution in [3.63, 3.8) is 0 Å². The van der Waals surface area contributed by atoms with Crippen LogP contribution in [0.1, 0.15) is 27.7 Å². The Morgan fingerprint density at radius 2 is 1.20 bits per heavy atom. The molecule has 2 heterocycles. The Morgan fingerprint density at radius 1 is 0.609 bits per heavy atom. The molecule has 0 radical (unpaired) electrons. The fourth-order valence-corrected chi connectivity index (χ4v) is 5.47. The number of aliphatic hydroxyl groups is 1. The van der Waals surface area contributed by atoms with Gasteiger partial charge >= 0.3 is 7.48 Å². The minimum absolute atomic E-state index is 0.398. The van der Waals surface area contributed by atoms with E-state index in [4.69, 9.17) is 19.0 Å². The number of fused-ring (bicyclic) bond motifs is 3. The predicted molar refractivity (Wildman–Crippen MR) is 189 cm³/mol. The number of para-hydroxylation sites is 2. The van der Waals surface area contributed by atoms with E-state index in [1.54, 1.807) is 13.8 Å². The molecule has 0 fully saturated rings. The molecule has 0 amide bonds. The zero-order valence-electron chi connectivity index (χ0n) is 26.5. The summed E-state index contributed by atoms with van der Waals surface area (Å²) in [5, 5.41) is 12.7. The highest BCUT2D eigenvalue weighted by Crippen LogP contribution is 2.36. The summed E-state index contributed by atoms with van der Waals surface area (Å²) in [5.41, 5.74) is 7.92. The highest BCUT2D eigenvalue weighted by atomic mass is 16.5. The Bertz CT molecular complexity index is 2150. The van der Waals surface area contributed by atoms with Crippen molar-refractivity contribution >= 4 is 34.9 Å². The summed E-state index contributed by atoms with van der Waals surface area (Å²) >= 11 is 0. The fourth-order valence-electron chi connectivity index (χ4n) is 5.47. The van der Waals surface area contributed by atoms with Gasteiger partial charge in [-0.3, -0.25) is 0 Å². The van der Waals surface area contributed by atoms with Gasteiger partial charge in [0, 0.05) is 33.0 Å². The topological polar surface area (TPSA) is 68.4 Å². The van der Waals surface area contributed by atoms with Gasteiger partial charge in [0.05, 0.1) is 22.6 Å². The first kappa shape index (κ1) is 29.7. The summed E-state index contributed by atoms with van der Waals surface area (Å²) in [5.74, 6) is 0.670. The summed E-state index contributed by atoms with van der Waals surface area (Å²) < 4.78 is 12.4. The van der Waals surface area contributed by atoms with Gasteiger partial charge in [0.25, 0.3) is 0 Å². The molecule has 0 bridgehead atoms. The van der Waals surface area contributed by atoms with Crippen LogP contribution in [0.3, 0.4) is 0 Å². The molecule has 46 heavy (non-hydrogen) atoms. The third-order valence-electron chi connectivity index (χ3n) is 8.98. The fraction of sp³-hybridized carbons (Fsp3) is 0.150. The molecule has 0 aliphatic heterocycles. The Kier molecular flexibility index (Phi) is 7.56. The van der Waals surface area contributed by atoms with Crippen LogP contribution >= 0.6 is 0 Å². The standard InChI is InChI=1S/C40H35BN2O3/c1-39(2,44)40(3,4)46-41-30-23-21-28(22-24-30)35-25-34(42-38(43-35)29-11-6-5-7-12-29)27-19-17-26(18-20-27)31-14-10-15-33-32-13-8-9-16-36(32)45-37(31)33/h5-25,41,44H,1-4H3. The van der Waals surface area contributed by atoms with Crippen LogP contribution in [0.25, 0.3) is 67.0 Å². The van der Waals surface area contributed by atoms with Crippen molar-refractivity contribution in [1.29, 1.82) is 0 Å².